The molecule has 1 fully saturated rings. The van der Waals surface area contributed by atoms with E-state index in [4.69, 9.17) is 9.72 Å². The molecule has 1 saturated heterocycles. The first-order chi connectivity index (χ1) is 14.7. The molecule has 3 heterocycles. The number of hydrogen-bond acceptors (Lipinski definition) is 5. The van der Waals surface area contributed by atoms with E-state index >= 15 is 0 Å². The van der Waals surface area contributed by atoms with Crippen molar-refractivity contribution in [1.82, 2.24) is 9.88 Å². The molecule has 3 aromatic rings. The van der Waals surface area contributed by atoms with E-state index in [2.05, 4.69) is 17.5 Å². The standard InChI is InChI=1S/C24H22N2O3S/c27-21(26-11-3-4-12-26)15-29-24(28)22-18-7-1-2-8-20(18)25-23-16(9-10-19(22)23)14-17-6-5-13-30-17/h1-2,5-8,13-14H,3-4,9-12,15H2. The van der Waals surface area contributed by atoms with Crippen LogP contribution in [0.15, 0.2) is 41.8 Å². The fourth-order valence-electron chi connectivity index (χ4n) is 4.31. The lowest BCUT2D eigenvalue weighted by Gasteiger charge is -2.16. The summed E-state index contributed by atoms with van der Waals surface area (Å²) in [5.41, 5.74) is 4.27. The summed E-state index contributed by atoms with van der Waals surface area (Å²) < 4.78 is 5.50. The zero-order valence-corrected chi connectivity index (χ0v) is 17.4. The van der Waals surface area contributed by atoms with Gasteiger partial charge in [0.15, 0.2) is 6.61 Å². The minimum atomic E-state index is -0.435. The lowest BCUT2D eigenvalue weighted by molar-refractivity contribution is -0.133. The third-order valence-electron chi connectivity index (χ3n) is 5.79. The van der Waals surface area contributed by atoms with Crippen molar-refractivity contribution in [2.75, 3.05) is 19.7 Å². The van der Waals surface area contributed by atoms with Crippen LogP contribution in [0.4, 0.5) is 0 Å². The maximum Gasteiger partial charge on any atom is 0.339 e. The van der Waals surface area contributed by atoms with Crippen molar-refractivity contribution in [2.24, 2.45) is 0 Å². The van der Waals surface area contributed by atoms with Crippen molar-refractivity contribution >= 4 is 45.8 Å². The minimum absolute atomic E-state index is 0.117. The summed E-state index contributed by atoms with van der Waals surface area (Å²) in [5, 5.41) is 2.84. The average Bonchev–Trinajstić information content (AvgIpc) is 3.53. The quantitative estimate of drug-likeness (QED) is 0.583. The highest BCUT2D eigenvalue weighted by atomic mass is 32.1. The van der Waals surface area contributed by atoms with Crippen LogP contribution in [-0.4, -0.2) is 41.5 Å². The predicted octanol–water partition coefficient (Wildman–Crippen LogP) is 4.56. The highest BCUT2D eigenvalue weighted by molar-refractivity contribution is 7.10. The highest BCUT2D eigenvalue weighted by Gasteiger charge is 2.28. The molecule has 5 nitrogen and oxygen atoms in total. The SMILES string of the molecule is O=C(OCC(=O)N1CCCC1)c1c2c(nc3ccccc13)C(=Cc1cccs1)CC2. The Morgan fingerprint density at radius 1 is 1.10 bits per heavy atom. The van der Waals surface area contributed by atoms with Crippen LogP contribution in [0.5, 0.6) is 0 Å². The summed E-state index contributed by atoms with van der Waals surface area (Å²) in [4.78, 5) is 33.3. The van der Waals surface area contributed by atoms with Gasteiger partial charge >= 0.3 is 5.97 Å². The molecular formula is C24H22N2O3S. The summed E-state index contributed by atoms with van der Waals surface area (Å²) in [6, 6.07) is 11.8. The second-order valence-corrected chi connectivity index (χ2v) is 8.66. The number of pyridine rings is 1. The number of nitrogens with zero attached hydrogens (tertiary/aromatic N) is 2. The number of amides is 1. The predicted molar refractivity (Wildman–Crippen MR) is 118 cm³/mol. The molecular weight excluding hydrogens is 396 g/mol. The van der Waals surface area contributed by atoms with E-state index in [0.29, 0.717) is 5.56 Å². The van der Waals surface area contributed by atoms with Gasteiger partial charge in [-0.2, -0.15) is 0 Å². The molecule has 1 amide bonds. The summed E-state index contributed by atoms with van der Waals surface area (Å²) in [6.07, 6.45) is 5.77. The summed E-state index contributed by atoms with van der Waals surface area (Å²) in [5.74, 6) is -0.552. The Morgan fingerprint density at radius 3 is 2.73 bits per heavy atom. The maximum absolute atomic E-state index is 13.1. The molecule has 2 aromatic heterocycles. The van der Waals surface area contributed by atoms with E-state index in [-0.39, 0.29) is 12.5 Å². The largest absolute Gasteiger partial charge is 0.452 e. The van der Waals surface area contributed by atoms with E-state index in [9.17, 15) is 9.59 Å². The third kappa shape index (κ3) is 3.52. The number of fused-ring (bicyclic) bond motifs is 2. The van der Waals surface area contributed by atoms with Crippen molar-refractivity contribution in [1.29, 1.82) is 0 Å². The number of ether oxygens (including phenoxy) is 1. The van der Waals surface area contributed by atoms with Gasteiger partial charge in [0.25, 0.3) is 5.91 Å². The second-order valence-electron chi connectivity index (χ2n) is 7.68. The van der Waals surface area contributed by atoms with Crippen molar-refractivity contribution in [3.05, 3.63) is 63.5 Å². The van der Waals surface area contributed by atoms with Crippen LogP contribution in [0.2, 0.25) is 0 Å². The number of benzene rings is 1. The normalized spacial score (nSPS) is 16.9. The monoisotopic (exact) mass is 418 g/mol. The number of likely N-dealkylation sites (tertiary alicyclic amines) is 1. The van der Waals surface area contributed by atoms with Crippen molar-refractivity contribution in [2.45, 2.75) is 25.7 Å². The number of rotatable bonds is 4. The fourth-order valence-corrected chi connectivity index (χ4v) is 5.00. The van der Waals surface area contributed by atoms with Crippen LogP contribution < -0.4 is 0 Å². The Kier molecular flexibility index (Phi) is 5.09. The third-order valence-corrected chi connectivity index (χ3v) is 6.61. The summed E-state index contributed by atoms with van der Waals surface area (Å²) in [6.45, 7) is 1.30. The Bertz CT molecular complexity index is 1140. The molecule has 30 heavy (non-hydrogen) atoms. The van der Waals surface area contributed by atoms with Gasteiger partial charge in [0, 0.05) is 23.4 Å². The van der Waals surface area contributed by atoms with Crippen LogP contribution in [-0.2, 0) is 16.0 Å². The van der Waals surface area contributed by atoms with Gasteiger partial charge < -0.3 is 9.64 Å². The highest BCUT2D eigenvalue weighted by Crippen LogP contribution is 2.38. The van der Waals surface area contributed by atoms with Crippen molar-refractivity contribution in [3.8, 4) is 0 Å². The van der Waals surface area contributed by atoms with Gasteiger partial charge in [-0.05, 0) is 60.4 Å². The Labute approximate surface area is 179 Å². The Morgan fingerprint density at radius 2 is 1.93 bits per heavy atom. The van der Waals surface area contributed by atoms with E-state index in [1.807, 2.05) is 30.3 Å². The van der Waals surface area contributed by atoms with Crippen LogP contribution in [0.25, 0.3) is 22.6 Å². The molecule has 5 rings (SSSR count). The molecule has 2 aliphatic rings. The first-order valence-electron chi connectivity index (χ1n) is 10.3. The molecule has 1 aliphatic heterocycles. The number of carbonyl (C=O) groups excluding carboxylic acids is 2. The molecule has 152 valence electrons. The van der Waals surface area contributed by atoms with Gasteiger partial charge in [0.1, 0.15) is 0 Å². The first-order valence-corrected chi connectivity index (χ1v) is 11.2. The Hall–Kier alpha value is -2.99. The van der Waals surface area contributed by atoms with E-state index in [0.717, 1.165) is 66.5 Å². The smallest absolute Gasteiger partial charge is 0.339 e. The van der Waals surface area contributed by atoms with Gasteiger partial charge in [-0.1, -0.05) is 24.3 Å². The van der Waals surface area contributed by atoms with Crippen LogP contribution in [0.1, 0.15) is 45.8 Å². The summed E-state index contributed by atoms with van der Waals surface area (Å²) in [7, 11) is 0. The van der Waals surface area contributed by atoms with Crippen LogP contribution in [0.3, 0.4) is 0 Å². The molecule has 0 spiro atoms. The van der Waals surface area contributed by atoms with E-state index in [1.54, 1.807) is 16.2 Å². The summed E-state index contributed by atoms with van der Waals surface area (Å²) >= 11 is 1.68. The molecule has 0 N–H and O–H groups in total. The number of para-hydroxylation sites is 1. The molecule has 0 bridgehead atoms. The molecule has 0 radical (unpaired) electrons. The van der Waals surface area contributed by atoms with Gasteiger partial charge in [-0.15, -0.1) is 11.3 Å². The van der Waals surface area contributed by atoms with E-state index < -0.39 is 5.97 Å². The molecule has 1 aliphatic carbocycles. The number of esters is 1. The number of allylic oxidation sites excluding steroid dienone is 1. The molecule has 1 aromatic carbocycles. The number of thiophene rings is 1. The second kappa shape index (κ2) is 8.03. The van der Waals surface area contributed by atoms with Gasteiger partial charge in [-0.3, -0.25) is 4.79 Å². The maximum atomic E-state index is 13.1. The topological polar surface area (TPSA) is 59.5 Å². The lowest BCUT2D eigenvalue weighted by Crippen LogP contribution is -2.32. The number of hydrogen-bond donors (Lipinski definition) is 0. The Balaban J connectivity index is 1.50. The fraction of sp³-hybridized carbons (Fsp3) is 0.292. The molecule has 0 atom stereocenters. The van der Waals surface area contributed by atoms with Crippen molar-refractivity contribution < 1.29 is 14.3 Å². The van der Waals surface area contributed by atoms with Gasteiger partial charge in [0.05, 0.1) is 16.8 Å². The van der Waals surface area contributed by atoms with E-state index in [1.165, 1.54) is 4.88 Å². The van der Waals surface area contributed by atoms with Gasteiger partial charge in [0.2, 0.25) is 0 Å². The molecule has 0 unspecified atom stereocenters. The van der Waals surface area contributed by atoms with Gasteiger partial charge in [-0.25, -0.2) is 9.78 Å². The minimum Gasteiger partial charge on any atom is -0.452 e. The molecule has 6 heteroatoms. The number of carbonyl (C=O) groups is 2. The average molecular weight is 419 g/mol. The lowest BCUT2D eigenvalue weighted by atomic mass is 10.0. The zero-order valence-electron chi connectivity index (χ0n) is 16.6. The zero-order chi connectivity index (χ0) is 20.5. The van der Waals surface area contributed by atoms with Crippen LogP contribution >= 0.6 is 11.3 Å². The first kappa shape index (κ1) is 19.0. The molecule has 0 saturated carbocycles. The van der Waals surface area contributed by atoms with Crippen LogP contribution in [0, 0.1) is 0 Å². The number of aromatic nitrogens is 1. The van der Waals surface area contributed by atoms with Crippen molar-refractivity contribution in [3.63, 3.8) is 0 Å².